The zero-order valence-electron chi connectivity index (χ0n) is 11.5. The number of amides is 1. The molecule has 0 fully saturated rings. The number of hydrogen-bond acceptors (Lipinski definition) is 3. The number of carbonyl (C=O) groups is 2. The Kier molecular flexibility index (Phi) is 4.74. The number of aliphatic carboxylic acids is 1. The second kappa shape index (κ2) is 6.52. The van der Waals surface area contributed by atoms with Crippen LogP contribution in [0.4, 0.5) is 5.69 Å². The van der Waals surface area contributed by atoms with Gasteiger partial charge < -0.3 is 9.84 Å². The second-order valence-electron chi connectivity index (χ2n) is 4.75. The third-order valence-electron chi connectivity index (χ3n) is 3.41. The topological polar surface area (TPSA) is 66.8 Å². The predicted molar refractivity (Wildman–Crippen MR) is 74.8 cm³/mol. The molecule has 0 bridgehead atoms. The van der Waals surface area contributed by atoms with Crippen LogP contribution in [0.15, 0.2) is 24.3 Å². The number of benzene rings is 1. The van der Waals surface area contributed by atoms with Gasteiger partial charge in [-0.1, -0.05) is 18.2 Å². The van der Waals surface area contributed by atoms with Crippen molar-refractivity contribution in [3.63, 3.8) is 0 Å². The minimum absolute atomic E-state index is 0.151. The standard InChI is InChI=1S/C15H19NO4/c1-2-20-9-5-8-14(17)16-12-7-4-3-6-11(12)10-13(16)15(18)19/h3-4,6-7,13H,2,5,8-10H2,1H3,(H,18,19). The summed E-state index contributed by atoms with van der Waals surface area (Å²) in [6.07, 6.45) is 1.29. The molecule has 2 rings (SSSR count). The van der Waals surface area contributed by atoms with Crippen molar-refractivity contribution in [1.29, 1.82) is 0 Å². The van der Waals surface area contributed by atoms with Gasteiger partial charge in [-0.3, -0.25) is 9.69 Å². The number of nitrogens with zero attached hydrogens (tertiary/aromatic N) is 1. The first kappa shape index (κ1) is 14.5. The predicted octanol–water partition coefficient (Wildman–Crippen LogP) is 1.85. The highest BCUT2D eigenvalue weighted by Crippen LogP contribution is 2.32. The molecular weight excluding hydrogens is 258 g/mol. The first-order chi connectivity index (χ1) is 9.65. The van der Waals surface area contributed by atoms with Gasteiger partial charge in [-0.15, -0.1) is 0 Å². The van der Waals surface area contributed by atoms with Gasteiger partial charge in [0, 0.05) is 31.7 Å². The van der Waals surface area contributed by atoms with Crippen LogP contribution in [-0.2, 0) is 20.7 Å². The number of ether oxygens (including phenoxy) is 1. The fourth-order valence-electron chi connectivity index (χ4n) is 2.48. The number of fused-ring (bicyclic) bond motifs is 1. The van der Waals surface area contributed by atoms with Crippen LogP contribution >= 0.6 is 0 Å². The van der Waals surface area contributed by atoms with E-state index in [1.54, 1.807) is 6.07 Å². The molecule has 1 aliphatic heterocycles. The zero-order chi connectivity index (χ0) is 14.5. The molecule has 0 spiro atoms. The summed E-state index contributed by atoms with van der Waals surface area (Å²) in [5.74, 6) is -1.11. The molecule has 0 aliphatic carbocycles. The highest BCUT2D eigenvalue weighted by Gasteiger charge is 2.37. The fourth-order valence-corrected chi connectivity index (χ4v) is 2.48. The lowest BCUT2D eigenvalue weighted by molar-refractivity contribution is -0.139. The van der Waals surface area contributed by atoms with Crippen LogP contribution in [0.2, 0.25) is 0 Å². The second-order valence-corrected chi connectivity index (χ2v) is 4.75. The zero-order valence-corrected chi connectivity index (χ0v) is 11.5. The van der Waals surface area contributed by atoms with E-state index in [1.165, 1.54) is 4.90 Å². The molecule has 1 aliphatic rings. The molecule has 1 amide bonds. The van der Waals surface area contributed by atoms with Crippen LogP contribution in [0.3, 0.4) is 0 Å². The minimum atomic E-state index is -0.959. The van der Waals surface area contributed by atoms with E-state index in [0.717, 1.165) is 11.3 Å². The SMILES string of the molecule is CCOCCCC(=O)N1c2ccccc2CC1C(=O)O. The van der Waals surface area contributed by atoms with E-state index < -0.39 is 12.0 Å². The van der Waals surface area contributed by atoms with E-state index in [9.17, 15) is 14.7 Å². The third kappa shape index (κ3) is 2.99. The summed E-state index contributed by atoms with van der Waals surface area (Å²) in [6, 6.07) is 6.58. The molecule has 108 valence electrons. The number of rotatable bonds is 6. The van der Waals surface area contributed by atoms with Crippen LogP contribution < -0.4 is 4.90 Å². The van der Waals surface area contributed by atoms with Gasteiger partial charge in [0.15, 0.2) is 0 Å². The molecule has 1 aromatic rings. The maximum atomic E-state index is 12.3. The Balaban J connectivity index is 2.10. The molecule has 1 aromatic carbocycles. The molecule has 5 heteroatoms. The summed E-state index contributed by atoms with van der Waals surface area (Å²) >= 11 is 0. The van der Waals surface area contributed by atoms with Crippen molar-refractivity contribution in [3.8, 4) is 0 Å². The highest BCUT2D eigenvalue weighted by molar-refractivity contribution is 6.01. The number of carboxylic acids is 1. The van der Waals surface area contributed by atoms with Crippen molar-refractivity contribution in [1.82, 2.24) is 0 Å². The fraction of sp³-hybridized carbons (Fsp3) is 0.467. The maximum Gasteiger partial charge on any atom is 0.327 e. The summed E-state index contributed by atoms with van der Waals surface area (Å²) in [7, 11) is 0. The van der Waals surface area contributed by atoms with Gasteiger partial charge in [-0.05, 0) is 25.0 Å². The largest absolute Gasteiger partial charge is 0.480 e. The average Bonchev–Trinajstić information content (AvgIpc) is 2.83. The van der Waals surface area contributed by atoms with E-state index >= 15 is 0 Å². The molecule has 1 N–H and O–H groups in total. The van der Waals surface area contributed by atoms with E-state index in [-0.39, 0.29) is 5.91 Å². The van der Waals surface area contributed by atoms with Crippen molar-refractivity contribution in [2.45, 2.75) is 32.2 Å². The smallest absolute Gasteiger partial charge is 0.327 e. The average molecular weight is 277 g/mol. The van der Waals surface area contributed by atoms with Gasteiger partial charge in [-0.25, -0.2) is 4.79 Å². The number of carbonyl (C=O) groups excluding carboxylic acids is 1. The Labute approximate surface area is 118 Å². The Morgan fingerprint density at radius 1 is 1.40 bits per heavy atom. The van der Waals surface area contributed by atoms with Gasteiger partial charge in [0.05, 0.1) is 0 Å². The van der Waals surface area contributed by atoms with Gasteiger partial charge in [0.1, 0.15) is 6.04 Å². The van der Waals surface area contributed by atoms with Gasteiger partial charge in [-0.2, -0.15) is 0 Å². The summed E-state index contributed by atoms with van der Waals surface area (Å²) in [4.78, 5) is 25.1. The van der Waals surface area contributed by atoms with Gasteiger partial charge in [0.2, 0.25) is 5.91 Å². The van der Waals surface area contributed by atoms with Gasteiger partial charge in [0.25, 0.3) is 0 Å². The lowest BCUT2D eigenvalue weighted by Gasteiger charge is -2.22. The normalized spacial score (nSPS) is 17.1. The number of carboxylic acid groups (broad SMARTS) is 1. The Hall–Kier alpha value is -1.88. The third-order valence-corrected chi connectivity index (χ3v) is 3.41. The summed E-state index contributed by atoms with van der Waals surface area (Å²) < 4.78 is 5.20. The van der Waals surface area contributed by atoms with E-state index in [2.05, 4.69) is 0 Å². The van der Waals surface area contributed by atoms with Crippen LogP contribution in [0.5, 0.6) is 0 Å². The van der Waals surface area contributed by atoms with E-state index in [1.807, 2.05) is 25.1 Å². The first-order valence-electron chi connectivity index (χ1n) is 6.85. The lowest BCUT2D eigenvalue weighted by Crippen LogP contribution is -2.42. The van der Waals surface area contributed by atoms with Crippen LogP contribution in [-0.4, -0.2) is 36.2 Å². The minimum Gasteiger partial charge on any atom is -0.480 e. The molecule has 20 heavy (non-hydrogen) atoms. The van der Waals surface area contributed by atoms with Crippen molar-refractivity contribution in [3.05, 3.63) is 29.8 Å². The summed E-state index contributed by atoms with van der Waals surface area (Å²) in [6.45, 7) is 3.05. The van der Waals surface area contributed by atoms with Gasteiger partial charge >= 0.3 is 5.97 Å². The molecule has 1 heterocycles. The molecule has 0 aromatic heterocycles. The molecule has 0 saturated heterocycles. The van der Waals surface area contributed by atoms with Crippen LogP contribution in [0, 0.1) is 0 Å². The molecular formula is C15H19NO4. The van der Waals surface area contributed by atoms with Crippen molar-refractivity contribution >= 4 is 17.6 Å². The molecule has 0 radical (unpaired) electrons. The first-order valence-corrected chi connectivity index (χ1v) is 6.85. The molecule has 1 atom stereocenters. The maximum absolute atomic E-state index is 12.3. The summed E-state index contributed by atoms with van der Waals surface area (Å²) in [5.41, 5.74) is 1.64. The number of hydrogen-bond donors (Lipinski definition) is 1. The summed E-state index contributed by atoms with van der Waals surface area (Å²) in [5, 5.41) is 9.30. The molecule has 1 unspecified atom stereocenters. The van der Waals surface area contributed by atoms with E-state index in [4.69, 9.17) is 4.74 Å². The van der Waals surface area contributed by atoms with Crippen LogP contribution in [0.1, 0.15) is 25.3 Å². The van der Waals surface area contributed by atoms with Crippen molar-refractivity contribution in [2.75, 3.05) is 18.1 Å². The molecule has 5 nitrogen and oxygen atoms in total. The quantitative estimate of drug-likeness (QED) is 0.806. The molecule has 0 saturated carbocycles. The number of para-hydroxylation sites is 1. The van der Waals surface area contributed by atoms with Crippen molar-refractivity contribution in [2.24, 2.45) is 0 Å². The highest BCUT2D eigenvalue weighted by atomic mass is 16.5. The Morgan fingerprint density at radius 3 is 2.85 bits per heavy atom. The lowest BCUT2D eigenvalue weighted by atomic mass is 10.1. The number of anilines is 1. The Bertz CT molecular complexity index is 500. The Morgan fingerprint density at radius 2 is 2.15 bits per heavy atom. The van der Waals surface area contributed by atoms with Crippen molar-refractivity contribution < 1.29 is 19.4 Å². The monoisotopic (exact) mass is 277 g/mol. The van der Waals surface area contributed by atoms with Crippen LogP contribution in [0.25, 0.3) is 0 Å². The van der Waals surface area contributed by atoms with E-state index in [0.29, 0.717) is 32.5 Å².